The van der Waals surface area contributed by atoms with Gasteiger partial charge in [-0.25, -0.2) is 0 Å². The van der Waals surface area contributed by atoms with Crippen molar-refractivity contribution in [3.05, 3.63) is 41.5 Å². The van der Waals surface area contributed by atoms with Crippen molar-refractivity contribution in [2.24, 2.45) is 0 Å². The molecule has 3 rings (SSSR count). The second-order valence-electron chi connectivity index (χ2n) is 4.49. The highest BCUT2D eigenvalue weighted by atomic mass is 16.4. The number of hydrogen-bond donors (Lipinski definition) is 3. The van der Waals surface area contributed by atoms with Gasteiger partial charge in [-0.1, -0.05) is 36.4 Å². The highest BCUT2D eigenvalue weighted by molar-refractivity contribution is 5.73. The fraction of sp³-hybridized carbons (Fsp3) is 0.357. The highest BCUT2D eigenvalue weighted by Gasteiger charge is 2.27. The van der Waals surface area contributed by atoms with Gasteiger partial charge in [-0.05, 0) is 17.5 Å². The molecule has 0 saturated carbocycles. The Kier molecular flexibility index (Phi) is 4.12. The molecular weight excluding hydrogens is 230 g/mol. The van der Waals surface area contributed by atoms with Crippen molar-refractivity contribution in [2.75, 3.05) is 6.54 Å². The van der Waals surface area contributed by atoms with E-state index in [9.17, 15) is 4.79 Å². The molecule has 1 saturated heterocycles. The molecule has 1 aliphatic carbocycles. The van der Waals surface area contributed by atoms with Crippen LogP contribution in [-0.2, 0) is 11.2 Å². The molecule has 2 aliphatic rings. The molecule has 3 N–H and O–H groups in total. The standard InChI is InChI=1S/C9H8.C5H9NO3/c1-2-5-9-7-3-6-8(9)4-1;7-3-1-4(5(8)9)6-2-3/h1-6H,7H2;3-4,6-7H,1-2H2,(H,8,9)/t;3-,4+/m.1/s1. The average molecular weight is 247 g/mol. The molecule has 1 heterocycles. The van der Waals surface area contributed by atoms with Crippen LogP contribution in [0.3, 0.4) is 0 Å². The Morgan fingerprint density at radius 1 is 1.33 bits per heavy atom. The van der Waals surface area contributed by atoms with Gasteiger partial charge in [0.1, 0.15) is 6.04 Å². The molecule has 2 atom stereocenters. The van der Waals surface area contributed by atoms with Gasteiger partial charge >= 0.3 is 5.97 Å². The number of aliphatic hydroxyl groups is 1. The number of fused-ring (bicyclic) bond motifs is 1. The minimum atomic E-state index is -0.883. The number of carboxylic acid groups (broad SMARTS) is 1. The van der Waals surface area contributed by atoms with Crippen molar-refractivity contribution in [1.29, 1.82) is 0 Å². The maximum atomic E-state index is 10.2. The Morgan fingerprint density at radius 3 is 2.67 bits per heavy atom. The second-order valence-corrected chi connectivity index (χ2v) is 4.49. The van der Waals surface area contributed by atoms with E-state index < -0.39 is 18.1 Å². The van der Waals surface area contributed by atoms with Gasteiger partial charge in [0, 0.05) is 13.0 Å². The van der Waals surface area contributed by atoms with Gasteiger partial charge in [0.2, 0.25) is 0 Å². The number of rotatable bonds is 1. The van der Waals surface area contributed by atoms with E-state index in [0.29, 0.717) is 13.0 Å². The van der Waals surface area contributed by atoms with E-state index in [1.54, 1.807) is 0 Å². The van der Waals surface area contributed by atoms with Gasteiger partial charge < -0.3 is 15.5 Å². The summed E-state index contributed by atoms with van der Waals surface area (Å²) in [6, 6.07) is 7.95. The van der Waals surface area contributed by atoms with Crippen LogP contribution in [0, 0.1) is 0 Å². The van der Waals surface area contributed by atoms with E-state index >= 15 is 0 Å². The average Bonchev–Trinajstić information content (AvgIpc) is 2.97. The summed E-state index contributed by atoms with van der Waals surface area (Å²) in [4.78, 5) is 10.2. The van der Waals surface area contributed by atoms with Crippen LogP contribution in [-0.4, -0.2) is 34.9 Å². The molecule has 96 valence electrons. The number of carboxylic acids is 1. The number of β-amino-alcohol motifs (C(OH)–C–C–N with tert-alkyl or cyclic N) is 1. The first-order valence-electron chi connectivity index (χ1n) is 6.05. The van der Waals surface area contributed by atoms with Crippen molar-refractivity contribution < 1.29 is 15.0 Å². The van der Waals surface area contributed by atoms with Crippen LogP contribution < -0.4 is 5.32 Å². The molecule has 0 unspecified atom stereocenters. The van der Waals surface area contributed by atoms with E-state index in [0.717, 1.165) is 6.42 Å². The lowest BCUT2D eigenvalue weighted by Crippen LogP contribution is -2.29. The number of hydrogen-bond acceptors (Lipinski definition) is 3. The number of nitrogens with one attached hydrogen (secondary N) is 1. The Labute approximate surface area is 106 Å². The summed E-state index contributed by atoms with van der Waals surface area (Å²) in [5.74, 6) is -0.883. The van der Waals surface area contributed by atoms with E-state index in [2.05, 4.69) is 41.7 Å². The zero-order valence-electron chi connectivity index (χ0n) is 10.0. The molecule has 0 bridgehead atoms. The Hall–Kier alpha value is -1.65. The molecule has 1 fully saturated rings. The van der Waals surface area contributed by atoms with Crippen molar-refractivity contribution >= 4 is 12.0 Å². The van der Waals surface area contributed by atoms with E-state index in [1.165, 1.54) is 11.1 Å². The molecule has 0 radical (unpaired) electrons. The first-order chi connectivity index (χ1) is 8.66. The van der Waals surface area contributed by atoms with E-state index in [1.807, 2.05) is 0 Å². The van der Waals surface area contributed by atoms with E-state index in [4.69, 9.17) is 10.2 Å². The minimum absolute atomic E-state index is 0.329. The summed E-state index contributed by atoms with van der Waals surface area (Å²) in [6.45, 7) is 0.400. The molecule has 0 spiro atoms. The Balaban J connectivity index is 0.000000134. The van der Waals surface area contributed by atoms with Crippen LogP contribution in [0.1, 0.15) is 17.5 Å². The van der Waals surface area contributed by atoms with Crippen molar-refractivity contribution in [3.63, 3.8) is 0 Å². The third kappa shape index (κ3) is 3.18. The van der Waals surface area contributed by atoms with Gasteiger partial charge in [-0.2, -0.15) is 0 Å². The fourth-order valence-electron chi connectivity index (χ4n) is 2.10. The summed E-state index contributed by atoms with van der Waals surface area (Å²) in [5.41, 5.74) is 2.84. The first kappa shape index (κ1) is 12.8. The molecule has 1 aliphatic heterocycles. The highest BCUT2D eigenvalue weighted by Crippen LogP contribution is 2.17. The molecule has 0 aromatic heterocycles. The van der Waals surface area contributed by atoms with Crippen molar-refractivity contribution in [2.45, 2.75) is 25.0 Å². The molecular formula is C14H17NO3. The Bertz CT molecular complexity index is 456. The topological polar surface area (TPSA) is 69.6 Å². The zero-order chi connectivity index (χ0) is 13.0. The number of allylic oxidation sites excluding steroid dienone is 1. The van der Waals surface area contributed by atoms with Crippen LogP contribution in [0.5, 0.6) is 0 Å². The van der Waals surface area contributed by atoms with Crippen LogP contribution in [0.25, 0.3) is 6.08 Å². The fourth-order valence-corrected chi connectivity index (χ4v) is 2.10. The van der Waals surface area contributed by atoms with Gasteiger partial charge in [0.25, 0.3) is 0 Å². The zero-order valence-corrected chi connectivity index (χ0v) is 10.0. The quantitative estimate of drug-likeness (QED) is 0.694. The van der Waals surface area contributed by atoms with Crippen molar-refractivity contribution in [3.8, 4) is 0 Å². The SMILES string of the molecule is C1=Cc2ccccc2C1.O=C(O)[C@@H]1C[C@@H](O)CN1. The predicted octanol–water partition coefficient (Wildman–Crippen LogP) is 1.05. The lowest BCUT2D eigenvalue weighted by molar-refractivity contribution is -0.139. The normalized spacial score (nSPS) is 24.3. The van der Waals surface area contributed by atoms with E-state index in [-0.39, 0.29) is 0 Å². The van der Waals surface area contributed by atoms with Crippen molar-refractivity contribution in [1.82, 2.24) is 5.32 Å². The Morgan fingerprint density at radius 2 is 2.11 bits per heavy atom. The molecule has 1 aromatic rings. The summed E-state index contributed by atoms with van der Waals surface area (Å²) >= 11 is 0. The summed E-state index contributed by atoms with van der Waals surface area (Å²) < 4.78 is 0. The largest absolute Gasteiger partial charge is 0.480 e. The number of aliphatic hydroxyl groups excluding tert-OH is 1. The van der Waals surface area contributed by atoms with Crippen LogP contribution in [0.15, 0.2) is 30.3 Å². The number of aliphatic carboxylic acids is 1. The third-order valence-corrected chi connectivity index (χ3v) is 3.10. The lowest BCUT2D eigenvalue weighted by atomic mass is 10.1. The van der Waals surface area contributed by atoms with Gasteiger partial charge in [-0.3, -0.25) is 4.79 Å². The summed E-state index contributed by atoms with van der Waals surface area (Å²) in [5, 5.41) is 19.8. The third-order valence-electron chi connectivity index (χ3n) is 3.10. The number of carbonyl (C=O) groups is 1. The van der Waals surface area contributed by atoms with Crippen LogP contribution >= 0.6 is 0 Å². The smallest absolute Gasteiger partial charge is 0.320 e. The monoisotopic (exact) mass is 247 g/mol. The number of benzene rings is 1. The van der Waals surface area contributed by atoms with Gasteiger partial charge in [0.15, 0.2) is 0 Å². The van der Waals surface area contributed by atoms with Crippen LogP contribution in [0.2, 0.25) is 0 Å². The predicted molar refractivity (Wildman–Crippen MR) is 69.2 cm³/mol. The molecule has 4 heteroatoms. The molecule has 4 nitrogen and oxygen atoms in total. The molecule has 18 heavy (non-hydrogen) atoms. The maximum absolute atomic E-state index is 10.2. The van der Waals surface area contributed by atoms with Crippen LogP contribution in [0.4, 0.5) is 0 Å². The molecule has 0 amide bonds. The first-order valence-corrected chi connectivity index (χ1v) is 6.05. The van der Waals surface area contributed by atoms with Gasteiger partial charge in [-0.15, -0.1) is 0 Å². The van der Waals surface area contributed by atoms with Gasteiger partial charge in [0.05, 0.1) is 6.10 Å². The minimum Gasteiger partial charge on any atom is -0.480 e. The molecule has 1 aromatic carbocycles. The summed E-state index contributed by atoms with van der Waals surface area (Å²) in [6.07, 6.45) is 5.34. The summed E-state index contributed by atoms with van der Waals surface area (Å²) in [7, 11) is 0. The second kappa shape index (κ2) is 5.80. The lowest BCUT2D eigenvalue weighted by Gasteiger charge is -1.99. The maximum Gasteiger partial charge on any atom is 0.320 e.